The maximum atomic E-state index is 13.4. The van der Waals surface area contributed by atoms with Crippen LogP contribution in [0.5, 0.6) is 0 Å². The average Bonchev–Trinajstić information content (AvgIpc) is 3.04. The topological polar surface area (TPSA) is 38.5 Å². The number of nitrogens with zero attached hydrogens (tertiary/aromatic N) is 2. The van der Waals surface area contributed by atoms with Crippen LogP contribution in [0, 0.1) is 11.8 Å². The van der Waals surface area contributed by atoms with Crippen LogP contribution in [0.2, 0.25) is 0 Å². The van der Waals surface area contributed by atoms with Gasteiger partial charge < -0.3 is 14.1 Å². The SMILES string of the molecule is CCc1nc(N2CC3C(C2)C3(F)F)ccc1Cc1ccc(COC)o1. The third kappa shape index (κ3) is 2.92. The predicted octanol–water partition coefficient (Wildman–Crippen LogP) is 3.68. The quantitative estimate of drug-likeness (QED) is 0.798. The zero-order valence-corrected chi connectivity index (χ0v) is 14.5. The fraction of sp³-hybridized carbons (Fsp3) is 0.526. The van der Waals surface area contributed by atoms with E-state index in [1.165, 1.54) is 0 Å². The van der Waals surface area contributed by atoms with E-state index in [4.69, 9.17) is 14.1 Å². The van der Waals surface area contributed by atoms with Gasteiger partial charge in [-0.05, 0) is 30.2 Å². The normalized spacial score (nSPS) is 23.8. The number of hydrogen-bond donors (Lipinski definition) is 0. The molecule has 4 rings (SSSR count). The molecule has 0 amide bonds. The van der Waals surface area contributed by atoms with Crippen molar-refractivity contribution in [2.45, 2.75) is 32.3 Å². The smallest absolute Gasteiger partial charge is 0.258 e. The number of anilines is 1. The lowest BCUT2D eigenvalue weighted by Gasteiger charge is -2.22. The van der Waals surface area contributed by atoms with Crippen molar-refractivity contribution in [1.29, 1.82) is 0 Å². The second-order valence-corrected chi connectivity index (χ2v) is 6.90. The molecule has 1 aliphatic heterocycles. The number of hydrogen-bond acceptors (Lipinski definition) is 4. The molecule has 1 saturated heterocycles. The number of furan rings is 1. The maximum Gasteiger partial charge on any atom is 0.258 e. The zero-order chi connectivity index (χ0) is 17.6. The average molecular weight is 348 g/mol. The van der Waals surface area contributed by atoms with Crippen LogP contribution < -0.4 is 4.90 Å². The molecule has 2 fully saturated rings. The van der Waals surface area contributed by atoms with E-state index in [1.54, 1.807) is 7.11 Å². The van der Waals surface area contributed by atoms with Gasteiger partial charge in [0.25, 0.3) is 5.92 Å². The van der Waals surface area contributed by atoms with Crippen LogP contribution in [-0.4, -0.2) is 31.1 Å². The molecule has 2 unspecified atom stereocenters. The Bertz CT molecular complexity index is 761. The van der Waals surface area contributed by atoms with Crippen molar-refractivity contribution < 1.29 is 17.9 Å². The highest BCUT2D eigenvalue weighted by Gasteiger charge is 2.71. The van der Waals surface area contributed by atoms with Crippen LogP contribution in [0.1, 0.15) is 29.7 Å². The van der Waals surface area contributed by atoms with Gasteiger partial charge in [-0.3, -0.25) is 0 Å². The Labute approximate surface area is 145 Å². The van der Waals surface area contributed by atoms with Crippen molar-refractivity contribution in [3.05, 3.63) is 47.0 Å². The molecule has 2 aromatic heterocycles. The van der Waals surface area contributed by atoms with E-state index in [0.717, 1.165) is 35.0 Å². The van der Waals surface area contributed by atoms with Crippen molar-refractivity contribution in [2.75, 3.05) is 25.1 Å². The lowest BCUT2D eigenvalue weighted by atomic mass is 10.1. The number of aromatic nitrogens is 1. The zero-order valence-electron chi connectivity index (χ0n) is 14.5. The van der Waals surface area contributed by atoms with Gasteiger partial charge in [-0.2, -0.15) is 0 Å². The summed E-state index contributed by atoms with van der Waals surface area (Å²) in [6.07, 6.45) is 1.47. The fourth-order valence-electron chi connectivity index (χ4n) is 3.78. The largest absolute Gasteiger partial charge is 0.463 e. The number of piperidine rings is 1. The number of pyridine rings is 1. The van der Waals surface area contributed by atoms with E-state index in [9.17, 15) is 8.78 Å². The first-order valence-corrected chi connectivity index (χ1v) is 8.71. The Balaban J connectivity index is 1.48. The van der Waals surface area contributed by atoms with Gasteiger partial charge in [0.15, 0.2) is 0 Å². The molecule has 2 aromatic rings. The summed E-state index contributed by atoms with van der Waals surface area (Å²) in [4.78, 5) is 6.72. The first-order chi connectivity index (χ1) is 12.0. The molecule has 25 heavy (non-hydrogen) atoms. The minimum absolute atomic E-state index is 0.408. The summed E-state index contributed by atoms with van der Waals surface area (Å²) in [7, 11) is 1.64. The second-order valence-electron chi connectivity index (χ2n) is 6.90. The Morgan fingerprint density at radius 2 is 1.92 bits per heavy atom. The van der Waals surface area contributed by atoms with Crippen LogP contribution in [0.4, 0.5) is 14.6 Å². The predicted molar refractivity (Wildman–Crippen MR) is 90.0 cm³/mol. The van der Waals surface area contributed by atoms with Crippen molar-refractivity contribution in [1.82, 2.24) is 4.98 Å². The first-order valence-electron chi connectivity index (χ1n) is 8.71. The number of alkyl halides is 2. The van der Waals surface area contributed by atoms with E-state index in [2.05, 4.69) is 6.92 Å². The van der Waals surface area contributed by atoms with Gasteiger partial charge in [0, 0.05) is 32.3 Å². The molecule has 1 saturated carbocycles. The molecule has 0 N–H and O–H groups in total. The van der Waals surface area contributed by atoms with Crippen LogP contribution in [0.25, 0.3) is 0 Å². The first kappa shape index (κ1) is 16.5. The molecule has 134 valence electrons. The molecule has 4 nitrogen and oxygen atoms in total. The van der Waals surface area contributed by atoms with E-state index in [0.29, 0.717) is 26.1 Å². The number of methoxy groups -OCH3 is 1. The van der Waals surface area contributed by atoms with Crippen molar-refractivity contribution in [3.8, 4) is 0 Å². The summed E-state index contributed by atoms with van der Waals surface area (Å²) in [5.74, 6) is -0.940. The molecule has 0 aromatic carbocycles. The van der Waals surface area contributed by atoms with Gasteiger partial charge >= 0.3 is 0 Å². The number of fused-ring (bicyclic) bond motifs is 1. The Morgan fingerprint density at radius 3 is 2.60 bits per heavy atom. The number of aryl methyl sites for hydroxylation is 1. The van der Waals surface area contributed by atoms with Crippen LogP contribution in [0.3, 0.4) is 0 Å². The molecule has 6 heteroatoms. The molecular weight excluding hydrogens is 326 g/mol. The second kappa shape index (κ2) is 6.09. The Kier molecular flexibility index (Phi) is 4.02. The lowest BCUT2D eigenvalue weighted by Crippen LogP contribution is -2.28. The molecule has 2 atom stereocenters. The molecule has 0 radical (unpaired) electrons. The van der Waals surface area contributed by atoms with E-state index in [-0.39, 0.29) is 0 Å². The number of halogens is 2. The highest BCUT2D eigenvalue weighted by atomic mass is 19.3. The summed E-state index contributed by atoms with van der Waals surface area (Å²) in [6, 6.07) is 7.86. The summed E-state index contributed by atoms with van der Waals surface area (Å²) in [5.41, 5.74) is 2.11. The third-order valence-electron chi connectivity index (χ3n) is 5.28. The summed E-state index contributed by atoms with van der Waals surface area (Å²) >= 11 is 0. The number of ether oxygens (including phenoxy) is 1. The molecule has 3 heterocycles. The lowest BCUT2D eigenvalue weighted by molar-refractivity contribution is 0.0797. The number of rotatable bonds is 6. The van der Waals surface area contributed by atoms with Crippen LogP contribution >= 0.6 is 0 Å². The van der Waals surface area contributed by atoms with Gasteiger partial charge in [-0.1, -0.05) is 13.0 Å². The maximum absolute atomic E-state index is 13.4. The molecule has 2 aliphatic rings. The van der Waals surface area contributed by atoms with Gasteiger partial charge in [0.2, 0.25) is 0 Å². The highest BCUT2D eigenvalue weighted by Crippen LogP contribution is 2.59. The molecule has 0 bridgehead atoms. The van der Waals surface area contributed by atoms with E-state index >= 15 is 0 Å². The fourth-order valence-corrected chi connectivity index (χ4v) is 3.78. The minimum Gasteiger partial charge on any atom is -0.463 e. The van der Waals surface area contributed by atoms with Gasteiger partial charge in [0.1, 0.15) is 23.9 Å². The summed E-state index contributed by atoms with van der Waals surface area (Å²) in [6.45, 7) is 3.33. The standard InChI is InChI=1S/C19H22F2N2O2/c1-3-17-12(8-13-5-6-14(25-13)11-24-2)4-7-18(22-17)23-9-15-16(10-23)19(15,20)21/h4-7,15-16H,3,8-11H2,1-2H3. The summed E-state index contributed by atoms with van der Waals surface area (Å²) < 4.78 is 37.6. The van der Waals surface area contributed by atoms with E-state index in [1.807, 2.05) is 29.2 Å². The van der Waals surface area contributed by atoms with Crippen molar-refractivity contribution in [3.63, 3.8) is 0 Å². The third-order valence-corrected chi connectivity index (χ3v) is 5.28. The minimum atomic E-state index is -2.46. The summed E-state index contributed by atoms with van der Waals surface area (Å²) in [5, 5.41) is 0. The Morgan fingerprint density at radius 1 is 1.20 bits per heavy atom. The highest BCUT2D eigenvalue weighted by molar-refractivity contribution is 5.46. The van der Waals surface area contributed by atoms with Crippen molar-refractivity contribution in [2.24, 2.45) is 11.8 Å². The molecule has 1 aliphatic carbocycles. The monoisotopic (exact) mass is 348 g/mol. The van der Waals surface area contributed by atoms with Gasteiger partial charge in [-0.25, -0.2) is 13.8 Å². The Hall–Kier alpha value is -1.95. The molecular formula is C19H22F2N2O2. The van der Waals surface area contributed by atoms with Crippen LogP contribution in [-0.2, 0) is 24.2 Å². The van der Waals surface area contributed by atoms with Gasteiger partial charge in [-0.15, -0.1) is 0 Å². The van der Waals surface area contributed by atoms with Gasteiger partial charge in [0.05, 0.1) is 11.8 Å². The van der Waals surface area contributed by atoms with E-state index < -0.39 is 17.8 Å². The molecule has 0 spiro atoms. The van der Waals surface area contributed by atoms with Crippen LogP contribution in [0.15, 0.2) is 28.7 Å². The van der Waals surface area contributed by atoms with Crippen molar-refractivity contribution >= 4 is 5.82 Å².